The fourth-order valence-corrected chi connectivity index (χ4v) is 2.56. The number of esters is 1. The molecule has 0 amide bonds. The van der Waals surface area contributed by atoms with Crippen molar-refractivity contribution in [2.24, 2.45) is 0 Å². The van der Waals surface area contributed by atoms with Gasteiger partial charge in [-0.05, 0) is 25.0 Å². The van der Waals surface area contributed by atoms with Gasteiger partial charge in [0.05, 0.1) is 19.3 Å². The van der Waals surface area contributed by atoms with Crippen molar-refractivity contribution >= 4 is 17.7 Å². The number of hydrogen-bond acceptors (Lipinski definition) is 6. The molecule has 0 aliphatic carbocycles. The van der Waals surface area contributed by atoms with Crippen molar-refractivity contribution in [1.29, 1.82) is 0 Å². The largest absolute Gasteiger partial charge is 0.468 e. The van der Waals surface area contributed by atoms with E-state index in [0.29, 0.717) is 24.0 Å². The summed E-state index contributed by atoms with van der Waals surface area (Å²) in [5.74, 6) is 1.36. The highest BCUT2D eigenvalue weighted by molar-refractivity contribution is 7.99. The van der Waals surface area contributed by atoms with Crippen LogP contribution < -0.4 is 0 Å². The first-order chi connectivity index (χ1) is 10.1. The maximum atomic E-state index is 11.3. The van der Waals surface area contributed by atoms with E-state index in [-0.39, 0.29) is 11.2 Å². The third-order valence-electron chi connectivity index (χ3n) is 3.10. The van der Waals surface area contributed by atoms with Gasteiger partial charge in [-0.3, -0.25) is 4.79 Å². The molecule has 1 aromatic heterocycles. The van der Waals surface area contributed by atoms with E-state index in [1.807, 2.05) is 18.2 Å². The molecule has 0 saturated carbocycles. The number of methoxy groups -OCH3 is 1. The molecule has 2 aromatic rings. The minimum atomic E-state index is -0.250. The van der Waals surface area contributed by atoms with Crippen LogP contribution >= 0.6 is 11.8 Å². The number of benzene rings is 1. The molecule has 0 N–H and O–H groups in total. The topological polar surface area (TPSA) is 65.2 Å². The molecule has 0 radical (unpaired) electrons. The van der Waals surface area contributed by atoms with Crippen LogP contribution in [0.4, 0.5) is 0 Å². The van der Waals surface area contributed by atoms with Gasteiger partial charge in [0.2, 0.25) is 11.8 Å². The summed E-state index contributed by atoms with van der Waals surface area (Å²) in [6.07, 6.45) is 0.622. The summed E-state index contributed by atoms with van der Waals surface area (Å²) in [6.45, 7) is 3.85. The first-order valence-corrected chi connectivity index (χ1v) is 7.70. The van der Waals surface area contributed by atoms with E-state index in [1.54, 1.807) is 6.92 Å². The van der Waals surface area contributed by atoms with Crippen molar-refractivity contribution in [2.45, 2.75) is 31.3 Å². The minimum Gasteiger partial charge on any atom is -0.468 e. The predicted molar refractivity (Wildman–Crippen MR) is 81.1 cm³/mol. The molecule has 0 aliphatic heterocycles. The molecule has 6 heteroatoms. The van der Waals surface area contributed by atoms with Gasteiger partial charge in [-0.15, -0.1) is 22.0 Å². The number of carbonyl (C=O) groups is 1. The van der Waals surface area contributed by atoms with Crippen molar-refractivity contribution in [3.05, 3.63) is 47.2 Å². The Bertz CT molecular complexity index is 612. The van der Waals surface area contributed by atoms with Crippen LogP contribution in [0.25, 0.3) is 0 Å². The van der Waals surface area contributed by atoms with Crippen molar-refractivity contribution in [3.63, 3.8) is 0 Å². The van der Waals surface area contributed by atoms with E-state index >= 15 is 0 Å². The Morgan fingerprint density at radius 2 is 2.05 bits per heavy atom. The fourth-order valence-electron chi connectivity index (χ4n) is 1.82. The first kappa shape index (κ1) is 15.6. The van der Waals surface area contributed by atoms with Crippen LogP contribution in [0.15, 0.2) is 28.7 Å². The number of ether oxygens (including phenoxy) is 1. The molecular weight excluding hydrogens is 288 g/mol. The molecule has 2 rings (SSSR count). The molecule has 0 saturated heterocycles. The molecule has 0 spiro atoms. The highest BCUT2D eigenvalue weighted by Crippen LogP contribution is 2.19. The monoisotopic (exact) mass is 306 g/mol. The molecule has 5 nitrogen and oxygen atoms in total. The van der Waals surface area contributed by atoms with Gasteiger partial charge < -0.3 is 9.15 Å². The second kappa shape index (κ2) is 7.26. The highest BCUT2D eigenvalue weighted by atomic mass is 32.2. The molecular formula is C15H18N2O3S. The zero-order valence-electron chi connectivity index (χ0n) is 12.3. The van der Waals surface area contributed by atoms with E-state index < -0.39 is 0 Å². The van der Waals surface area contributed by atoms with Crippen LogP contribution in [0.3, 0.4) is 0 Å². The van der Waals surface area contributed by atoms with E-state index in [2.05, 4.69) is 27.9 Å². The predicted octanol–water partition coefficient (Wildman–Crippen LogP) is 2.76. The molecule has 1 aromatic carbocycles. The lowest BCUT2D eigenvalue weighted by molar-refractivity contribution is -0.139. The molecule has 21 heavy (non-hydrogen) atoms. The molecule has 112 valence electrons. The third kappa shape index (κ3) is 4.32. The molecule has 0 unspecified atom stereocenters. The Morgan fingerprint density at radius 3 is 2.76 bits per heavy atom. The minimum absolute atomic E-state index is 0.248. The smallest absolute Gasteiger partial charge is 0.318 e. The number of aryl methyl sites for hydroxylation is 1. The lowest BCUT2D eigenvalue weighted by Crippen LogP contribution is -2.14. The summed E-state index contributed by atoms with van der Waals surface area (Å²) in [5, 5.41) is 7.81. The lowest BCUT2D eigenvalue weighted by atomic mass is 10.1. The summed E-state index contributed by atoms with van der Waals surface area (Å²) >= 11 is 1.41. The summed E-state index contributed by atoms with van der Waals surface area (Å²) < 4.78 is 10.3. The van der Waals surface area contributed by atoms with Gasteiger partial charge in [0.1, 0.15) is 5.25 Å². The van der Waals surface area contributed by atoms with Gasteiger partial charge in [-0.25, -0.2) is 0 Å². The van der Waals surface area contributed by atoms with Crippen molar-refractivity contribution in [1.82, 2.24) is 10.2 Å². The second-order valence-corrected chi connectivity index (χ2v) is 6.00. The normalized spacial score (nSPS) is 12.1. The van der Waals surface area contributed by atoms with Crippen molar-refractivity contribution < 1.29 is 13.9 Å². The zero-order chi connectivity index (χ0) is 15.2. The maximum Gasteiger partial charge on any atom is 0.318 e. The van der Waals surface area contributed by atoms with Crippen LogP contribution in [-0.4, -0.2) is 28.5 Å². The number of aromatic nitrogens is 2. The number of rotatable bonds is 6. The van der Waals surface area contributed by atoms with Crippen LogP contribution in [0, 0.1) is 6.92 Å². The molecule has 0 fully saturated rings. The third-order valence-corrected chi connectivity index (χ3v) is 4.21. The second-order valence-electron chi connectivity index (χ2n) is 4.67. The summed E-state index contributed by atoms with van der Waals surface area (Å²) in [7, 11) is 1.38. The quantitative estimate of drug-likeness (QED) is 0.765. The summed E-state index contributed by atoms with van der Waals surface area (Å²) in [5.41, 5.74) is 2.37. The average molecular weight is 306 g/mol. The van der Waals surface area contributed by atoms with E-state index in [1.165, 1.54) is 30.0 Å². The first-order valence-electron chi connectivity index (χ1n) is 6.65. The number of carbonyl (C=O) groups excluding carboxylic acids is 1. The van der Waals surface area contributed by atoms with Gasteiger partial charge in [0, 0.05) is 0 Å². The Hall–Kier alpha value is -1.82. The number of nitrogens with zero attached hydrogens (tertiary/aromatic N) is 2. The Labute approximate surface area is 128 Å². The van der Waals surface area contributed by atoms with E-state index in [0.717, 1.165) is 0 Å². The van der Waals surface area contributed by atoms with Gasteiger partial charge in [0.15, 0.2) is 0 Å². The van der Waals surface area contributed by atoms with Crippen LogP contribution in [-0.2, 0) is 21.7 Å². The van der Waals surface area contributed by atoms with E-state index in [4.69, 9.17) is 4.42 Å². The zero-order valence-corrected chi connectivity index (χ0v) is 13.1. The van der Waals surface area contributed by atoms with Crippen LogP contribution in [0.1, 0.15) is 29.8 Å². The van der Waals surface area contributed by atoms with E-state index in [9.17, 15) is 4.79 Å². The van der Waals surface area contributed by atoms with Gasteiger partial charge in [-0.2, -0.15) is 0 Å². The SMILES string of the molecule is COC(=O)[C@@H](C)SCc1nnc(Cc2ccccc2C)o1. The van der Waals surface area contributed by atoms with Gasteiger partial charge in [0.25, 0.3) is 0 Å². The lowest BCUT2D eigenvalue weighted by Gasteiger charge is -2.06. The average Bonchev–Trinajstić information content (AvgIpc) is 2.94. The Morgan fingerprint density at radius 1 is 1.33 bits per heavy atom. The standard InChI is InChI=1S/C15H18N2O3S/c1-10-6-4-5-7-12(10)8-13-16-17-14(20-13)9-21-11(2)15(18)19-3/h4-7,11H,8-9H2,1-3H3/t11-/m1/s1. The fraction of sp³-hybridized carbons (Fsp3) is 0.400. The molecule has 1 heterocycles. The van der Waals surface area contributed by atoms with Crippen LogP contribution in [0.2, 0.25) is 0 Å². The van der Waals surface area contributed by atoms with Crippen molar-refractivity contribution in [3.8, 4) is 0 Å². The summed E-state index contributed by atoms with van der Waals surface area (Å²) in [4.78, 5) is 11.3. The summed E-state index contributed by atoms with van der Waals surface area (Å²) in [6, 6.07) is 8.10. The molecule has 0 bridgehead atoms. The Kier molecular flexibility index (Phi) is 5.38. The van der Waals surface area contributed by atoms with Gasteiger partial charge >= 0.3 is 5.97 Å². The van der Waals surface area contributed by atoms with Crippen molar-refractivity contribution in [2.75, 3.05) is 7.11 Å². The Balaban J connectivity index is 1.93. The van der Waals surface area contributed by atoms with Gasteiger partial charge in [-0.1, -0.05) is 24.3 Å². The molecule has 0 aliphatic rings. The maximum absolute atomic E-state index is 11.3. The molecule has 1 atom stereocenters. The van der Waals surface area contributed by atoms with Crippen LogP contribution in [0.5, 0.6) is 0 Å². The number of thioether (sulfide) groups is 1. The number of hydrogen-bond donors (Lipinski definition) is 0. The highest BCUT2D eigenvalue weighted by Gasteiger charge is 2.16.